The van der Waals surface area contributed by atoms with Gasteiger partial charge in [0.05, 0.1) is 0 Å². The van der Waals surface area contributed by atoms with E-state index in [2.05, 4.69) is 10.6 Å². The number of hydrogen-bond acceptors (Lipinski definition) is 3. The fraction of sp³-hybridized carbons (Fsp3) is 0.267. The maximum absolute atomic E-state index is 11.8. The van der Waals surface area contributed by atoms with E-state index in [9.17, 15) is 9.59 Å². The molecule has 0 heterocycles. The van der Waals surface area contributed by atoms with Crippen LogP contribution in [0.3, 0.4) is 0 Å². The van der Waals surface area contributed by atoms with Gasteiger partial charge in [-0.05, 0) is 36.0 Å². The average Bonchev–Trinajstić information content (AvgIpc) is 2.35. The van der Waals surface area contributed by atoms with Crippen molar-refractivity contribution in [1.29, 1.82) is 0 Å². The van der Waals surface area contributed by atoms with E-state index < -0.39 is 11.4 Å². The van der Waals surface area contributed by atoms with E-state index in [1.807, 2.05) is 0 Å². The Morgan fingerprint density at radius 2 is 1.95 bits per heavy atom. The summed E-state index contributed by atoms with van der Waals surface area (Å²) in [6.07, 6.45) is 2.53. The standard InChI is InChI=1S/C15H18N2O3S/c1-15(2,3)13(20)17-14(21)16-11-6-4-5-10(9-11)7-8-12(18)19/h4-9H,1-3H3,(H,18,19)(H2,16,17,20,21)/b8-7+. The highest BCUT2D eigenvalue weighted by Crippen LogP contribution is 2.14. The predicted octanol–water partition coefficient (Wildman–Crippen LogP) is 2.64. The number of carboxylic acid groups (broad SMARTS) is 1. The molecule has 0 aromatic heterocycles. The molecule has 0 fully saturated rings. The van der Waals surface area contributed by atoms with Gasteiger partial charge in [-0.25, -0.2) is 4.79 Å². The van der Waals surface area contributed by atoms with Crippen LogP contribution in [-0.2, 0) is 9.59 Å². The first kappa shape index (κ1) is 16.8. The third-order valence-electron chi connectivity index (χ3n) is 2.47. The fourth-order valence-corrected chi connectivity index (χ4v) is 1.55. The lowest BCUT2D eigenvalue weighted by Gasteiger charge is -2.18. The predicted molar refractivity (Wildman–Crippen MR) is 86.9 cm³/mol. The summed E-state index contributed by atoms with van der Waals surface area (Å²) in [5.74, 6) is -1.19. The zero-order chi connectivity index (χ0) is 16.0. The van der Waals surface area contributed by atoms with Gasteiger partial charge in [-0.1, -0.05) is 32.9 Å². The molecule has 1 aromatic rings. The molecule has 112 valence electrons. The van der Waals surface area contributed by atoms with Gasteiger partial charge in [0.1, 0.15) is 0 Å². The second kappa shape index (κ2) is 6.99. The Morgan fingerprint density at radius 1 is 1.29 bits per heavy atom. The van der Waals surface area contributed by atoms with E-state index in [-0.39, 0.29) is 11.0 Å². The largest absolute Gasteiger partial charge is 0.478 e. The van der Waals surface area contributed by atoms with Crippen LogP contribution >= 0.6 is 12.2 Å². The molecular weight excluding hydrogens is 288 g/mol. The van der Waals surface area contributed by atoms with Gasteiger partial charge in [0.15, 0.2) is 5.11 Å². The number of carbonyl (C=O) groups is 2. The molecule has 0 aliphatic rings. The molecule has 1 aromatic carbocycles. The molecule has 0 atom stereocenters. The molecule has 0 spiro atoms. The van der Waals surface area contributed by atoms with E-state index >= 15 is 0 Å². The van der Waals surface area contributed by atoms with Crippen LogP contribution in [0.25, 0.3) is 6.08 Å². The molecule has 0 saturated carbocycles. The first-order valence-corrected chi connectivity index (χ1v) is 6.73. The number of carbonyl (C=O) groups excluding carboxylic acids is 1. The Balaban J connectivity index is 2.71. The van der Waals surface area contributed by atoms with Crippen LogP contribution in [0, 0.1) is 5.41 Å². The van der Waals surface area contributed by atoms with Gasteiger partial charge in [-0.15, -0.1) is 0 Å². The molecule has 0 unspecified atom stereocenters. The van der Waals surface area contributed by atoms with Crippen molar-refractivity contribution in [3.8, 4) is 0 Å². The van der Waals surface area contributed by atoms with Crippen LogP contribution in [0.15, 0.2) is 30.3 Å². The second-order valence-corrected chi connectivity index (χ2v) is 5.86. The average molecular weight is 306 g/mol. The summed E-state index contributed by atoms with van der Waals surface area (Å²) in [6, 6.07) is 7.03. The first-order valence-electron chi connectivity index (χ1n) is 6.32. The fourth-order valence-electron chi connectivity index (χ4n) is 1.34. The third kappa shape index (κ3) is 6.18. The maximum atomic E-state index is 11.8. The van der Waals surface area contributed by atoms with Crippen molar-refractivity contribution in [2.45, 2.75) is 20.8 Å². The van der Waals surface area contributed by atoms with Gasteiger partial charge >= 0.3 is 5.97 Å². The lowest BCUT2D eigenvalue weighted by Crippen LogP contribution is -2.41. The summed E-state index contributed by atoms with van der Waals surface area (Å²) in [5.41, 5.74) is 0.853. The number of rotatable bonds is 3. The third-order valence-corrected chi connectivity index (χ3v) is 2.68. The van der Waals surface area contributed by atoms with Crippen molar-refractivity contribution in [2.75, 3.05) is 5.32 Å². The first-order chi connectivity index (χ1) is 9.68. The molecule has 3 N–H and O–H groups in total. The molecule has 1 rings (SSSR count). The zero-order valence-corrected chi connectivity index (χ0v) is 13.0. The summed E-state index contributed by atoms with van der Waals surface area (Å²) < 4.78 is 0. The number of thiocarbonyl (C=S) groups is 1. The quantitative estimate of drug-likeness (QED) is 0.591. The van der Waals surface area contributed by atoms with Crippen molar-refractivity contribution in [3.63, 3.8) is 0 Å². The van der Waals surface area contributed by atoms with Crippen LogP contribution in [0.4, 0.5) is 5.69 Å². The Morgan fingerprint density at radius 3 is 2.52 bits per heavy atom. The van der Waals surface area contributed by atoms with Gasteiger partial charge in [-0.3, -0.25) is 4.79 Å². The molecule has 0 radical (unpaired) electrons. The molecule has 0 aliphatic carbocycles. The lowest BCUT2D eigenvalue weighted by atomic mass is 9.96. The normalized spacial score (nSPS) is 11.2. The highest BCUT2D eigenvalue weighted by molar-refractivity contribution is 7.80. The number of carboxylic acids is 1. The Kier molecular flexibility index (Phi) is 5.60. The molecular formula is C15H18N2O3S. The highest BCUT2D eigenvalue weighted by Gasteiger charge is 2.21. The SMILES string of the molecule is CC(C)(C)C(=O)NC(=S)Nc1cccc(/C=C/C(=O)O)c1. The summed E-state index contributed by atoms with van der Waals surface area (Å²) >= 11 is 5.08. The maximum Gasteiger partial charge on any atom is 0.328 e. The number of benzene rings is 1. The molecule has 6 heteroatoms. The summed E-state index contributed by atoms with van der Waals surface area (Å²) in [5, 5.41) is 14.3. The van der Waals surface area contributed by atoms with Crippen molar-refractivity contribution < 1.29 is 14.7 Å². The zero-order valence-electron chi connectivity index (χ0n) is 12.1. The topological polar surface area (TPSA) is 78.4 Å². The molecule has 21 heavy (non-hydrogen) atoms. The van der Waals surface area contributed by atoms with Crippen LogP contribution in [0.5, 0.6) is 0 Å². The van der Waals surface area contributed by atoms with Gasteiger partial charge in [0, 0.05) is 17.2 Å². The number of anilines is 1. The van der Waals surface area contributed by atoms with Crippen molar-refractivity contribution in [2.24, 2.45) is 5.41 Å². The minimum atomic E-state index is -1.01. The van der Waals surface area contributed by atoms with Crippen molar-refractivity contribution in [1.82, 2.24) is 5.32 Å². The molecule has 0 aliphatic heterocycles. The van der Waals surface area contributed by atoms with Crippen LogP contribution in [0.1, 0.15) is 26.3 Å². The van der Waals surface area contributed by atoms with Crippen LogP contribution < -0.4 is 10.6 Å². The minimum absolute atomic E-state index is 0.179. The van der Waals surface area contributed by atoms with Gasteiger partial charge in [-0.2, -0.15) is 0 Å². The molecule has 0 bridgehead atoms. The number of aliphatic carboxylic acids is 1. The second-order valence-electron chi connectivity index (χ2n) is 5.46. The Labute approximate surface area is 129 Å². The highest BCUT2D eigenvalue weighted by atomic mass is 32.1. The number of nitrogens with one attached hydrogen (secondary N) is 2. The van der Waals surface area contributed by atoms with Gasteiger partial charge in [0.2, 0.25) is 5.91 Å². The van der Waals surface area contributed by atoms with Crippen LogP contribution in [-0.4, -0.2) is 22.1 Å². The van der Waals surface area contributed by atoms with Crippen molar-refractivity contribution in [3.05, 3.63) is 35.9 Å². The van der Waals surface area contributed by atoms with Gasteiger partial charge in [0.25, 0.3) is 0 Å². The summed E-state index contributed by atoms with van der Waals surface area (Å²) in [7, 11) is 0. The number of hydrogen-bond donors (Lipinski definition) is 3. The summed E-state index contributed by atoms with van der Waals surface area (Å²) in [6.45, 7) is 5.38. The smallest absolute Gasteiger partial charge is 0.328 e. The molecule has 5 nitrogen and oxygen atoms in total. The van der Waals surface area contributed by atoms with E-state index in [1.165, 1.54) is 6.08 Å². The van der Waals surface area contributed by atoms with E-state index in [0.717, 1.165) is 6.08 Å². The molecule has 1 amide bonds. The lowest BCUT2D eigenvalue weighted by molar-refractivity contribution is -0.131. The Hall–Kier alpha value is -2.21. The van der Waals surface area contributed by atoms with Crippen LogP contribution in [0.2, 0.25) is 0 Å². The van der Waals surface area contributed by atoms with Gasteiger partial charge < -0.3 is 15.7 Å². The van der Waals surface area contributed by atoms with E-state index in [1.54, 1.807) is 45.0 Å². The Bertz CT molecular complexity index is 589. The number of amides is 1. The van der Waals surface area contributed by atoms with E-state index in [4.69, 9.17) is 17.3 Å². The summed E-state index contributed by atoms with van der Waals surface area (Å²) in [4.78, 5) is 22.3. The molecule has 0 saturated heterocycles. The monoisotopic (exact) mass is 306 g/mol. The van der Waals surface area contributed by atoms with Crippen molar-refractivity contribution >= 4 is 41.0 Å². The van der Waals surface area contributed by atoms with E-state index in [0.29, 0.717) is 11.3 Å². The minimum Gasteiger partial charge on any atom is -0.478 e.